The average Bonchev–Trinajstić information content (AvgIpc) is 2.91. The number of aromatic nitrogens is 2. The Balaban J connectivity index is 1.83. The van der Waals surface area contributed by atoms with E-state index in [1.54, 1.807) is 12.1 Å². The zero-order valence-electron chi connectivity index (χ0n) is 12.6. The highest BCUT2D eigenvalue weighted by Gasteiger charge is 2.34. The molecule has 1 aromatic heterocycles. The lowest BCUT2D eigenvalue weighted by Crippen LogP contribution is -2.25. The summed E-state index contributed by atoms with van der Waals surface area (Å²) in [6.07, 6.45) is -0.238. The van der Waals surface area contributed by atoms with Crippen molar-refractivity contribution in [1.82, 2.24) is 15.1 Å². The van der Waals surface area contributed by atoms with Gasteiger partial charge in [-0.05, 0) is 30.7 Å². The number of aliphatic hydroxyl groups is 1. The van der Waals surface area contributed by atoms with Crippen molar-refractivity contribution in [2.75, 3.05) is 13.7 Å². The van der Waals surface area contributed by atoms with Gasteiger partial charge < -0.3 is 9.84 Å². The highest BCUT2D eigenvalue weighted by atomic mass is 19.1. The molecule has 1 aromatic carbocycles. The summed E-state index contributed by atoms with van der Waals surface area (Å²) in [6, 6.07) is 6.43. The number of β-amino-alcohol motifs (C(OH)–C–C–N with tert-alkyl or cyclic N) is 1. The normalized spacial score (nSPS) is 21.6. The minimum atomic E-state index is -0.589. The molecule has 0 spiro atoms. The molecule has 0 bridgehead atoms. The van der Waals surface area contributed by atoms with Gasteiger partial charge in [0.25, 0.3) is 0 Å². The van der Waals surface area contributed by atoms with Crippen molar-refractivity contribution >= 4 is 0 Å². The SMILES string of the molecule is COc1ccc(CN2C[C@@H](O)C[C@@H]2c2cc(F)ccc2F)nn1. The van der Waals surface area contributed by atoms with E-state index < -0.39 is 23.8 Å². The molecule has 0 saturated carbocycles. The lowest BCUT2D eigenvalue weighted by atomic mass is 10.0. The van der Waals surface area contributed by atoms with Gasteiger partial charge in [0.05, 0.1) is 18.9 Å². The van der Waals surface area contributed by atoms with Gasteiger partial charge in [0.15, 0.2) is 0 Å². The number of likely N-dealkylation sites (tertiary alicyclic amines) is 1. The van der Waals surface area contributed by atoms with Crippen molar-refractivity contribution in [3.8, 4) is 5.88 Å². The van der Waals surface area contributed by atoms with Crippen LogP contribution in [0.1, 0.15) is 23.7 Å². The summed E-state index contributed by atoms with van der Waals surface area (Å²) >= 11 is 0. The zero-order valence-corrected chi connectivity index (χ0v) is 12.6. The number of hydrogen-bond donors (Lipinski definition) is 1. The van der Waals surface area contributed by atoms with Crippen LogP contribution in [0, 0.1) is 11.6 Å². The number of aliphatic hydroxyl groups excluding tert-OH is 1. The van der Waals surface area contributed by atoms with Gasteiger partial charge in [0, 0.05) is 30.8 Å². The standard InChI is InChI=1S/C16H17F2N3O2/c1-23-16-5-3-11(19-20-16)8-21-9-12(22)7-15(21)13-6-10(17)2-4-14(13)18/h2-6,12,15,22H,7-9H2,1H3/t12-,15+/m0/s1. The first-order valence-electron chi connectivity index (χ1n) is 7.30. The summed E-state index contributed by atoms with van der Waals surface area (Å²) in [6.45, 7) is 0.753. The molecular weight excluding hydrogens is 304 g/mol. The first-order valence-corrected chi connectivity index (χ1v) is 7.30. The number of rotatable bonds is 4. The zero-order chi connectivity index (χ0) is 16.4. The molecule has 0 radical (unpaired) electrons. The van der Waals surface area contributed by atoms with E-state index in [4.69, 9.17) is 4.74 Å². The molecule has 2 aromatic rings. The molecule has 23 heavy (non-hydrogen) atoms. The van der Waals surface area contributed by atoms with Gasteiger partial charge in [0.2, 0.25) is 5.88 Å². The Kier molecular flexibility index (Phi) is 4.49. The molecule has 0 amide bonds. The second kappa shape index (κ2) is 6.55. The Morgan fingerprint density at radius 3 is 2.78 bits per heavy atom. The monoisotopic (exact) mass is 321 g/mol. The second-order valence-electron chi connectivity index (χ2n) is 5.57. The number of nitrogens with zero attached hydrogens (tertiary/aromatic N) is 3. The van der Waals surface area contributed by atoms with Crippen LogP contribution in [0.5, 0.6) is 5.88 Å². The van der Waals surface area contributed by atoms with Crippen LogP contribution >= 0.6 is 0 Å². The van der Waals surface area contributed by atoms with Gasteiger partial charge in [-0.25, -0.2) is 8.78 Å². The number of benzene rings is 1. The maximum Gasteiger partial charge on any atom is 0.233 e. The van der Waals surface area contributed by atoms with Crippen molar-refractivity contribution in [2.24, 2.45) is 0 Å². The Labute approximate surface area is 132 Å². The van der Waals surface area contributed by atoms with Crippen molar-refractivity contribution in [1.29, 1.82) is 0 Å². The van der Waals surface area contributed by atoms with Gasteiger partial charge in [-0.2, -0.15) is 5.10 Å². The number of halogens is 2. The maximum atomic E-state index is 14.0. The number of ether oxygens (including phenoxy) is 1. The highest BCUT2D eigenvalue weighted by molar-refractivity contribution is 5.24. The van der Waals surface area contributed by atoms with E-state index >= 15 is 0 Å². The van der Waals surface area contributed by atoms with E-state index in [0.29, 0.717) is 31.1 Å². The topological polar surface area (TPSA) is 58.5 Å². The number of hydrogen-bond acceptors (Lipinski definition) is 5. The maximum absolute atomic E-state index is 14.0. The molecule has 2 heterocycles. The van der Waals surface area contributed by atoms with E-state index in [9.17, 15) is 13.9 Å². The first-order chi connectivity index (χ1) is 11.1. The molecule has 5 nitrogen and oxygen atoms in total. The molecule has 1 saturated heterocycles. The third-order valence-corrected chi connectivity index (χ3v) is 3.97. The lowest BCUT2D eigenvalue weighted by molar-refractivity contribution is 0.171. The van der Waals surface area contributed by atoms with E-state index in [1.165, 1.54) is 13.2 Å². The molecule has 1 aliphatic rings. The van der Waals surface area contributed by atoms with Crippen LogP contribution in [0.2, 0.25) is 0 Å². The average molecular weight is 321 g/mol. The lowest BCUT2D eigenvalue weighted by Gasteiger charge is -2.24. The van der Waals surface area contributed by atoms with Gasteiger partial charge in [0.1, 0.15) is 11.6 Å². The molecule has 1 N–H and O–H groups in total. The van der Waals surface area contributed by atoms with Crippen LogP contribution < -0.4 is 4.74 Å². The quantitative estimate of drug-likeness (QED) is 0.934. The summed E-state index contributed by atoms with van der Waals surface area (Å²) < 4.78 is 32.4. The summed E-state index contributed by atoms with van der Waals surface area (Å²) in [4.78, 5) is 1.87. The minimum Gasteiger partial charge on any atom is -0.480 e. The fourth-order valence-corrected chi connectivity index (χ4v) is 2.90. The Morgan fingerprint density at radius 1 is 1.26 bits per heavy atom. The largest absolute Gasteiger partial charge is 0.480 e. The van der Waals surface area contributed by atoms with E-state index in [0.717, 1.165) is 12.1 Å². The van der Waals surface area contributed by atoms with Crippen LogP contribution in [0.15, 0.2) is 30.3 Å². The van der Waals surface area contributed by atoms with Crippen LogP contribution in [0.4, 0.5) is 8.78 Å². The Morgan fingerprint density at radius 2 is 2.09 bits per heavy atom. The van der Waals surface area contributed by atoms with Crippen molar-refractivity contribution < 1.29 is 18.6 Å². The fraction of sp³-hybridized carbons (Fsp3) is 0.375. The Hall–Kier alpha value is -2.12. The molecule has 0 aliphatic carbocycles. The first kappa shape index (κ1) is 15.8. The second-order valence-corrected chi connectivity index (χ2v) is 5.57. The molecule has 2 atom stereocenters. The molecular formula is C16H17F2N3O2. The van der Waals surface area contributed by atoms with Crippen LogP contribution in [0.25, 0.3) is 0 Å². The van der Waals surface area contributed by atoms with Gasteiger partial charge in [-0.1, -0.05) is 0 Å². The molecule has 1 aliphatic heterocycles. The Bertz CT molecular complexity index is 682. The predicted molar refractivity (Wildman–Crippen MR) is 78.7 cm³/mol. The molecule has 3 rings (SSSR count). The van der Waals surface area contributed by atoms with Crippen LogP contribution in [-0.2, 0) is 6.54 Å². The molecule has 122 valence electrons. The van der Waals surface area contributed by atoms with Crippen molar-refractivity contribution in [3.63, 3.8) is 0 Å². The summed E-state index contributed by atoms with van der Waals surface area (Å²) in [5.41, 5.74) is 0.921. The smallest absolute Gasteiger partial charge is 0.233 e. The number of methoxy groups -OCH3 is 1. The van der Waals surface area contributed by atoms with Gasteiger partial charge in [-0.3, -0.25) is 4.90 Å². The van der Waals surface area contributed by atoms with Gasteiger partial charge >= 0.3 is 0 Å². The molecule has 0 unspecified atom stereocenters. The molecule has 1 fully saturated rings. The third-order valence-electron chi connectivity index (χ3n) is 3.97. The van der Waals surface area contributed by atoms with E-state index in [2.05, 4.69) is 10.2 Å². The summed E-state index contributed by atoms with van der Waals surface area (Å²) in [7, 11) is 1.50. The van der Waals surface area contributed by atoms with Crippen LogP contribution in [0.3, 0.4) is 0 Å². The predicted octanol–water partition coefficient (Wildman–Crippen LogP) is 2.07. The summed E-state index contributed by atoms with van der Waals surface area (Å²) in [5, 5.41) is 17.9. The van der Waals surface area contributed by atoms with E-state index in [1.807, 2.05) is 4.90 Å². The minimum absolute atomic E-state index is 0.253. The van der Waals surface area contributed by atoms with E-state index in [-0.39, 0.29) is 5.56 Å². The fourth-order valence-electron chi connectivity index (χ4n) is 2.90. The van der Waals surface area contributed by atoms with Gasteiger partial charge in [-0.15, -0.1) is 5.10 Å². The summed E-state index contributed by atoms with van der Waals surface area (Å²) in [5.74, 6) is -0.564. The third kappa shape index (κ3) is 3.46. The highest BCUT2D eigenvalue weighted by Crippen LogP contribution is 2.34. The van der Waals surface area contributed by atoms with Crippen LogP contribution in [-0.4, -0.2) is 40.0 Å². The van der Waals surface area contributed by atoms with Crippen molar-refractivity contribution in [2.45, 2.75) is 25.1 Å². The van der Waals surface area contributed by atoms with Crippen molar-refractivity contribution in [3.05, 3.63) is 53.2 Å². The molecule has 7 heteroatoms.